The van der Waals surface area contributed by atoms with Crippen molar-refractivity contribution < 1.29 is 29.1 Å². The molecule has 12 nitrogen and oxygen atoms in total. The fourth-order valence-electron chi connectivity index (χ4n) is 6.24. The highest BCUT2D eigenvalue weighted by Gasteiger charge is 2.38. The molecule has 3 atom stereocenters. The van der Waals surface area contributed by atoms with Crippen LogP contribution in [-0.2, 0) is 45.0 Å². The average molecular weight is 705 g/mol. The van der Waals surface area contributed by atoms with Crippen LogP contribution in [0.2, 0.25) is 0 Å². The maximum atomic E-state index is 14.2. The molecule has 0 aliphatic carbocycles. The van der Waals surface area contributed by atoms with Crippen LogP contribution in [-0.4, -0.2) is 74.4 Å². The van der Waals surface area contributed by atoms with Crippen LogP contribution in [0.5, 0.6) is 0 Å². The van der Waals surface area contributed by atoms with E-state index in [1.54, 1.807) is 24.5 Å². The van der Waals surface area contributed by atoms with Gasteiger partial charge in [0.2, 0.25) is 17.7 Å². The van der Waals surface area contributed by atoms with Gasteiger partial charge in [-0.1, -0.05) is 96.6 Å². The predicted molar refractivity (Wildman–Crippen MR) is 194 cm³/mol. The number of hydrazine groups is 1. The Morgan fingerprint density at radius 2 is 1.50 bits per heavy atom. The first-order valence-electron chi connectivity index (χ1n) is 17.4. The summed E-state index contributed by atoms with van der Waals surface area (Å²) in [6.45, 7) is 2.30. The summed E-state index contributed by atoms with van der Waals surface area (Å²) in [6.07, 6.45) is 4.20. The van der Waals surface area contributed by atoms with Gasteiger partial charge in [0.15, 0.2) is 0 Å². The van der Waals surface area contributed by atoms with Crippen molar-refractivity contribution >= 4 is 29.7 Å². The number of aryl methyl sites for hydroxylation is 1. The molecular formula is C40H44N6O6. The predicted octanol–water partition coefficient (Wildman–Crippen LogP) is 3.98. The summed E-state index contributed by atoms with van der Waals surface area (Å²) in [4.78, 5) is 72.5. The van der Waals surface area contributed by atoms with Crippen LogP contribution in [0.3, 0.4) is 0 Å². The molecule has 5 rings (SSSR count). The maximum absolute atomic E-state index is 14.2. The second kappa shape index (κ2) is 18.3. The van der Waals surface area contributed by atoms with Gasteiger partial charge in [-0.2, -0.15) is 0 Å². The first-order valence-corrected chi connectivity index (χ1v) is 17.4. The summed E-state index contributed by atoms with van der Waals surface area (Å²) in [7, 11) is 0. The zero-order chi connectivity index (χ0) is 36.9. The van der Waals surface area contributed by atoms with Gasteiger partial charge < -0.3 is 20.6 Å². The number of benzene rings is 3. The molecule has 270 valence electrons. The van der Waals surface area contributed by atoms with Gasteiger partial charge >= 0.3 is 12.0 Å². The zero-order valence-corrected chi connectivity index (χ0v) is 29.1. The number of nitrogens with zero attached hydrogens (tertiary/aromatic N) is 3. The molecule has 0 unspecified atom stereocenters. The van der Waals surface area contributed by atoms with Crippen molar-refractivity contribution in [2.45, 2.75) is 70.1 Å². The van der Waals surface area contributed by atoms with Crippen molar-refractivity contribution in [2.75, 3.05) is 6.54 Å². The van der Waals surface area contributed by atoms with E-state index in [0.29, 0.717) is 18.4 Å². The van der Waals surface area contributed by atoms with E-state index in [1.807, 2.05) is 91.9 Å². The molecule has 1 aromatic heterocycles. The average Bonchev–Trinajstić information content (AvgIpc) is 3.63. The number of carboxylic acids is 1. The van der Waals surface area contributed by atoms with E-state index in [2.05, 4.69) is 21.0 Å². The molecule has 1 aliphatic rings. The minimum absolute atomic E-state index is 0.0563. The molecular weight excluding hydrogens is 660 g/mol. The van der Waals surface area contributed by atoms with Crippen molar-refractivity contribution in [3.05, 3.63) is 137 Å². The Bertz CT molecular complexity index is 1810. The third kappa shape index (κ3) is 11.0. The Balaban J connectivity index is 1.33. The SMILES string of the molecule is Cc1ccc(CN(NC(=O)Cc2ccccc2)C(=O)N2CCC[C@H]2C(=O)N[C@@H](Cc2cccnc2)C(=O)N[C@H](CC(=O)O)Cc2ccccc2)cc1. The number of amides is 5. The number of likely N-dealkylation sites (tertiary alicyclic amines) is 1. The third-order valence-corrected chi connectivity index (χ3v) is 8.85. The molecule has 52 heavy (non-hydrogen) atoms. The molecule has 0 spiro atoms. The topological polar surface area (TPSA) is 161 Å². The quantitative estimate of drug-likeness (QED) is 0.145. The smallest absolute Gasteiger partial charge is 0.339 e. The van der Waals surface area contributed by atoms with Crippen molar-refractivity contribution in [3.8, 4) is 0 Å². The number of rotatable bonds is 14. The number of carboxylic acid groups (broad SMARTS) is 1. The first kappa shape index (κ1) is 37.2. The second-order valence-corrected chi connectivity index (χ2v) is 13.0. The Hall–Kier alpha value is -6.04. The van der Waals surface area contributed by atoms with Gasteiger partial charge in [-0.05, 0) is 54.5 Å². The molecule has 0 bridgehead atoms. The lowest BCUT2D eigenvalue weighted by atomic mass is 10.0. The van der Waals surface area contributed by atoms with Gasteiger partial charge in [0.25, 0.3) is 0 Å². The molecule has 1 saturated heterocycles. The monoisotopic (exact) mass is 704 g/mol. The lowest BCUT2D eigenvalue weighted by Gasteiger charge is -2.32. The Morgan fingerprint density at radius 3 is 2.15 bits per heavy atom. The molecule has 12 heteroatoms. The van der Waals surface area contributed by atoms with Crippen LogP contribution in [0, 0.1) is 6.92 Å². The molecule has 0 saturated carbocycles. The lowest BCUT2D eigenvalue weighted by Crippen LogP contribution is -2.58. The Morgan fingerprint density at radius 1 is 0.827 bits per heavy atom. The van der Waals surface area contributed by atoms with E-state index >= 15 is 0 Å². The highest BCUT2D eigenvalue weighted by molar-refractivity contribution is 5.93. The van der Waals surface area contributed by atoms with Crippen molar-refractivity contribution in [2.24, 2.45) is 0 Å². The summed E-state index contributed by atoms with van der Waals surface area (Å²) in [6, 6.07) is 26.3. The minimum Gasteiger partial charge on any atom is -0.481 e. The molecule has 5 amide bonds. The molecule has 4 aromatic rings. The standard InChI is InChI=1S/C40H44N6O6/c1-28-16-18-31(19-17-28)27-46(44-36(47)24-30-12-6-3-7-13-30)40(52)45-21-9-15-35(45)39(51)43-34(23-32-14-8-20-41-26-32)38(50)42-33(25-37(48)49)22-29-10-4-2-5-11-29/h2-8,10-14,16-20,26,33-35H,9,15,21-25,27H2,1H3,(H,42,50)(H,43,51)(H,44,47)(H,48,49)/t33-,34-,35-/m0/s1. The number of pyridine rings is 1. The normalized spacial score (nSPS) is 14.9. The molecule has 0 radical (unpaired) electrons. The number of aromatic nitrogens is 1. The van der Waals surface area contributed by atoms with Crippen LogP contribution in [0.25, 0.3) is 0 Å². The maximum Gasteiger partial charge on any atom is 0.339 e. The van der Waals surface area contributed by atoms with Crippen LogP contribution in [0.4, 0.5) is 4.79 Å². The number of aliphatic carboxylic acids is 1. The van der Waals surface area contributed by atoms with Gasteiger partial charge in [-0.25, -0.2) is 9.80 Å². The van der Waals surface area contributed by atoms with Gasteiger partial charge in [0.05, 0.1) is 19.4 Å². The molecule has 2 heterocycles. The van der Waals surface area contributed by atoms with Gasteiger partial charge in [0, 0.05) is 31.4 Å². The number of carbonyl (C=O) groups excluding carboxylic acids is 4. The van der Waals surface area contributed by atoms with Crippen molar-refractivity contribution in [1.29, 1.82) is 0 Å². The molecule has 1 aliphatic heterocycles. The van der Waals surface area contributed by atoms with E-state index in [-0.39, 0.29) is 44.7 Å². The first-order chi connectivity index (χ1) is 25.1. The highest BCUT2D eigenvalue weighted by atomic mass is 16.4. The minimum atomic E-state index is -1.09. The fraction of sp³-hybridized carbons (Fsp3) is 0.300. The van der Waals surface area contributed by atoms with E-state index in [9.17, 15) is 29.1 Å². The highest BCUT2D eigenvalue weighted by Crippen LogP contribution is 2.21. The summed E-state index contributed by atoms with van der Waals surface area (Å²) < 4.78 is 0. The Kier molecular flexibility index (Phi) is 13.1. The molecule has 1 fully saturated rings. The molecule has 3 aromatic carbocycles. The van der Waals surface area contributed by atoms with E-state index < -0.39 is 41.9 Å². The second-order valence-electron chi connectivity index (χ2n) is 13.0. The largest absolute Gasteiger partial charge is 0.481 e. The summed E-state index contributed by atoms with van der Waals surface area (Å²) >= 11 is 0. The Labute approximate surface area is 303 Å². The van der Waals surface area contributed by atoms with Gasteiger partial charge in [-0.3, -0.25) is 29.6 Å². The van der Waals surface area contributed by atoms with Gasteiger partial charge in [-0.15, -0.1) is 0 Å². The molecule has 4 N–H and O–H groups in total. The fourth-order valence-corrected chi connectivity index (χ4v) is 6.24. The summed E-state index contributed by atoms with van der Waals surface area (Å²) in [5.74, 6) is -2.53. The van der Waals surface area contributed by atoms with Crippen LogP contribution >= 0.6 is 0 Å². The van der Waals surface area contributed by atoms with Crippen LogP contribution in [0.1, 0.15) is 47.1 Å². The number of hydrogen-bond acceptors (Lipinski definition) is 6. The third-order valence-electron chi connectivity index (χ3n) is 8.85. The van der Waals surface area contributed by atoms with Crippen molar-refractivity contribution in [1.82, 2.24) is 31.0 Å². The number of carbonyl (C=O) groups is 5. The summed E-state index contributed by atoms with van der Waals surface area (Å²) in [5, 5.41) is 16.5. The lowest BCUT2D eigenvalue weighted by molar-refractivity contribution is -0.138. The van der Waals surface area contributed by atoms with E-state index in [1.165, 1.54) is 9.91 Å². The zero-order valence-electron chi connectivity index (χ0n) is 29.1. The van der Waals surface area contributed by atoms with Gasteiger partial charge in [0.1, 0.15) is 12.1 Å². The van der Waals surface area contributed by atoms with E-state index in [4.69, 9.17) is 0 Å². The van der Waals surface area contributed by atoms with Crippen LogP contribution in [0.15, 0.2) is 109 Å². The van der Waals surface area contributed by atoms with Crippen LogP contribution < -0.4 is 16.1 Å². The van der Waals surface area contributed by atoms with E-state index in [0.717, 1.165) is 22.3 Å². The number of hydrogen-bond donors (Lipinski definition) is 4. The summed E-state index contributed by atoms with van der Waals surface area (Å²) in [5.41, 5.74) is 6.93. The van der Waals surface area contributed by atoms with Crippen molar-refractivity contribution in [3.63, 3.8) is 0 Å². The number of nitrogens with one attached hydrogen (secondary N) is 3. The number of urea groups is 1.